The van der Waals surface area contributed by atoms with Gasteiger partial charge < -0.3 is 4.74 Å². The Kier molecular flexibility index (Phi) is 3.39. The Morgan fingerprint density at radius 3 is 2.50 bits per heavy atom. The maximum absolute atomic E-state index is 12.0. The van der Waals surface area contributed by atoms with Crippen molar-refractivity contribution < 1.29 is 13.9 Å². The van der Waals surface area contributed by atoms with Crippen molar-refractivity contribution in [2.45, 2.75) is 6.92 Å². The van der Waals surface area contributed by atoms with Crippen LogP contribution < -0.4 is 0 Å². The van der Waals surface area contributed by atoms with Gasteiger partial charge in [-0.05, 0) is 13.0 Å². The minimum Gasteiger partial charge on any atom is -0.466 e. The van der Waals surface area contributed by atoms with Crippen LogP contribution >= 0.6 is 0 Å². The molecule has 0 radical (unpaired) electrons. The lowest BCUT2D eigenvalue weighted by atomic mass is 10.3. The molecule has 56 valence electrons. The highest BCUT2D eigenvalue weighted by Gasteiger charge is 2.01. The summed E-state index contributed by atoms with van der Waals surface area (Å²) in [5, 5.41) is 0. The summed E-state index contributed by atoms with van der Waals surface area (Å²) in [5.41, 5.74) is 0.204. The molecule has 0 aliphatic heterocycles. The van der Waals surface area contributed by atoms with Gasteiger partial charge in [-0.1, -0.05) is 6.58 Å². The van der Waals surface area contributed by atoms with Gasteiger partial charge in [-0.25, -0.2) is 9.18 Å². The van der Waals surface area contributed by atoms with Crippen molar-refractivity contribution in [1.82, 2.24) is 0 Å². The summed E-state index contributed by atoms with van der Waals surface area (Å²) < 4.78 is 16.3. The Morgan fingerprint density at radius 1 is 1.70 bits per heavy atom. The first-order chi connectivity index (χ1) is 4.57. The van der Waals surface area contributed by atoms with Crippen LogP contribution in [0.15, 0.2) is 24.1 Å². The standard InChI is InChI=1S/C7H9FO2/c1-5(4-6(2)8)7(9)10-3/h4H,2H2,1,3H3/b5-4+. The second-order valence-electron chi connectivity index (χ2n) is 1.77. The van der Waals surface area contributed by atoms with Gasteiger partial charge in [0.1, 0.15) is 5.83 Å². The molecular formula is C7H9FO2. The van der Waals surface area contributed by atoms with Gasteiger partial charge in [0.05, 0.1) is 7.11 Å². The Morgan fingerprint density at radius 2 is 2.20 bits per heavy atom. The lowest BCUT2D eigenvalue weighted by Gasteiger charge is -1.95. The summed E-state index contributed by atoms with van der Waals surface area (Å²) >= 11 is 0. The van der Waals surface area contributed by atoms with Crippen molar-refractivity contribution in [3.8, 4) is 0 Å². The number of hydrogen-bond donors (Lipinski definition) is 0. The van der Waals surface area contributed by atoms with Gasteiger partial charge >= 0.3 is 5.97 Å². The fourth-order valence-electron chi connectivity index (χ4n) is 0.455. The van der Waals surface area contributed by atoms with E-state index in [0.717, 1.165) is 6.08 Å². The molecule has 0 aromatic heterocycles. The summed E-state index contributed by atoms with van der Waals surface area (Å²) in [5.74, 6) is -1.19. The van der Waals surface area contributed by atoms with Crippen LogP contribution in [-0.4, -0.2) is 13.1 Å². The number of ether oxygens (including phenoxy) is 1. The topological polar surface area (TPSA) is 26.3 Å². The molecular weight excluding hydrogens is 135 g/mol. The second-order valence-corrected chi connectivity index (χ2v) is 1.77. The van der Waals surface area contributed by atoms with E-state index in [1.54, 1.807) is 0 Å². The van der Waals surface area contributed by atoms with Crippen LogP contribution in [0.2, 0.25) is 0 Å². The van der Waals surface area contributed by atoms with Crippen molar-refractivity contribution in [3.05, 3.63) is 24.1 Å². The zero-order valence-corrected chi connectivity index (χ0v) is 5.98. The van der Waals surface area contributed by atoms with E-state index >= 15 is 0 Å². The lowest BCUT2D eigenvalue weighted by molar-refractivity contribution is -0.136. The molecule has 3 heteroatoms. The van der Waals surface area contributed by atoms with Gasteiger partial charge in [-0.3, -0.25) is 0 Å². The summed E-state index contributed by atoms with van der Waals surface area (Å²) in [6, 6.07) is 0. The summed E-state index contributed by atoms with van der Waals surface area (Å²) in [7, 11) is 1.24. The second kappa shape index (κ2) is 3.82. The molecule has 0 bridgehead atoms. The highest BCUT2D eigenvalue weighted by atomic mass is 19.1. The normalized spacial score (nSPS) is 10.9. The van der Waals surface area contributed by atoms with Crippen molar-refractivity contribution >= 4 is 5.97 Å². The van der Waals surface area contributed by atoms with Crippen LogP contribution in [0.4, 0.5) is 4.39 Å². The van der Waals surface area contributed by atoms with Crippen LogP contribution in [0.5, 0.6) is 0 Å². The Labute approximate surface area is 59.0 Å². The van der Waals surface area contributed by atoms with E-state index < -0.39 is 11.8 Å². The van der Waals surface area contributed by atoms with Crippen LogP contribution in [0, 0.1) is 0 Å². The maximum Gasteiger partial charge on any atom is 0.333 e. The molecule has 0 amide bonds. The molecule has 0 atom stereocenters. The van der Waals surface area contributed by atoms with E-state index in [2.05, 4.69) is 11.3 Å². The number of esters is 1. The Bertz CT molecular complexity index is 182. The molecule has 10 heavy (non-hydrogen) atoms. The van der Waals surface area contributed by atoms with E-state index in [4.69, 9.17) is 0 Å². The predicted octanol–water partition coefficient (Wildman–Crippen LogP) is 1.59. The first-order valence-electron chi connectivity index (χ1n) is 2.69. The fraction of sp³-hybridized carbons (Fsp3) is 0.286. The van der Waals surface area contributed by atoms with E-state index in [9.17, 15) is 9.18 Å². The summed E-state index contributed by atoms with van der Waals surface area (Å²) in [6.45, 7) is 4.42. The lowest BCUT2D eigenvalue weighted by Crippen LogP contribution is -2.00. The number of halogens is 1. The Hall–Kier alpha value is -1.12. The van der Waals surface area contributed by atoms with Crippen LogP contribution in [-0.2, 0) is 9.53 Å². The molecule has 0 unspecified atom stereocenters. The van der Waals surface area contributed by atoms with E-state index in [0.29, 0.717) is 0 Å². The molecule has 0 heterocycles. The maximum atomic E-state index is 12.0. The molecule has 0 spiro atoms. The third kappa shape index (κ3) is 3.02. The molecule has 0 aliphatic rings. The van der Waals surface area contributed by atoms with Gasteiger partial charge in [-0.15, -0.1) is 0 Å². The first-order valence-corrected chi connectivity index (χ1v) is 2.69. The molecule has 0 aromatic rings. The SMILES string of the molecule is C=C(F)/C=C(\C)C(=O)OC. The predicted molar refractivity (Wildman–Crippen MR) is 36.0 cm³/mol. The average Bonchev–Trinajstić information content (AvgIpc) is 1.85. The number of rotatable bonds is 2. The average molecular weight is 144 g/mol. The van der Waals surface area contributed by atoms with Gasteiger partial charge in [0.25, 0.3) is 0 Å². The number of hydrogen-bond acceptors (Lipinski definition) is 2. The van der Waals surface area contributed by atoms with Gasteiger partial charge in [0, 0.05) is 5.57 Å². The van der Waals surface area contributed by atoms with Crippen LogP contribution in [0.3, 0.4) is 0 Å². The summed E-state index contributed by atoms with van der Waals surface area (Å²) in [6.07, 6.45) is 1.02. The number of carbonyl (C=O) groups excluding carboxylic acids is 1. The third-order valence-electron chi connectivity index (χ3n) is 0.880. The highest BCUT2D eigenvalue weighted by molar-refractivity contribution is 5.88. The van der Waals surface area contributed by atoms with Crippen LogP contribution in [0.25, 0.3) is 0 Å². The number of carbonyl (C=O) groups is 1. The molecule has 0 N–H and O–H groups in total. The molecule has 0 aliphatic carbocycles. The Balaban J connectivity index is 4.19. The van der Waals surface area contributed by atoms with Crippen molar-refractivity contribution in [1.29, 1.82) is 0 Å². The van der Waals surface area contributed by atoms with Crippen molar-refractivity contribution in [2.75, 3.05) is 7.11 Å². The van der Waals surface area contributed by atoms with Crippen molar-refractivity contribution in [2.24, 2.45) is 0 Å². The third-order valence-corrected chi connectivity index (χ3v) is 0.880. The number of allylic oxidation sites excluding steroid dienone is 2. The molecule has 0 fully saturated rings. The monoisotopic (exact) mass is 144 g/mol. The van der Waals surface area contributed by atoms with Gasteiger partial charge in [0.2, 0.25) is 0 Å². The fourth-order valence-corrected chi connectivity index (χ4v) is 0.455. The van der Waals surface area contributed by atoms with Gasteiger partial charge in [0.15, 0.2) is 0 Å². The van der Waals surface area contributed by atoms with E-state index in [1.807, 2.05) is 0 Å². The molecule has 2 nitrogen and oxygen atoms in total. The van der Waals surface area contributed by atoms with E-state index in [1.165, 1.54) is 14.0 Å². The van der Waals surface area contributed by atoms with Gasteiger partial charge in [-0.2, -0.15) is 0 Å². The van der Waals surface area contributed by atoms with Crippen LogP contribution in [0.1, 0.15) is 6.92 Å². The molecule has 0 aromatic carbocycles. The van der Waals surface area contributed by atoms with E-state index in [-0.39, 0.29) is 5.57 Å². The smallest absolute Gasteiger partial charge is 0.333 e. The summed E-state index contributed by atoms with van der Waals surface area (Å²) in [4.78, 5) is 10.5. The quantitative estimate of drug-likeness (QED) is 0.334. The minimum atomic E-state index is -0.650. The largest absolute Gasteiger partial charge is 0.466 e. The molecule has 0 rings (SSSR count). The molecule has 0 saturated carbocycles. The zero-order chi connectivity index (χ0) is 8.15. The molecule has 0 saturated heterocycles. The minimum absolute atomic E-state index is 0.204. The zero-order valence-electron chi connectivity index (χ0n) is 5.98. The number of methoxy groups -OCH3 is 1. The highest BCUT2D eigenvalue weighted by Crippen LogP contribution is 2.01. The van der Waals surface area contributed by atoms with Crippen molar-refractivity contribution in [3.63, 3.8) is 0 Å². The first kappa shape index (κ1) is 8.88.